The summed E-state index contributed by atoms with van der Waals surface area (Å²) < 4.78 is 31.9. The Morgan fingerprint density at radius 2 is 1.85 bits per heavy atom. The van der Waals surface area contributed by atoms with Crippen molar-refractivity contribution >= 4 is 23.1 Å². The van der Waals surface area contributed by atoms with Gasteiger partial charge < -0.3 is 15.4 Å². The number of aromatic nitrogens is 1. The summed E-state index contributed by atoms with van der Waals surface area (Å²) in [5, 5.41) is 5.38. The Morgan fingerprint density at radius 1 is 1.04 bits per heavy atom. The smallest absolute Gasteiger partial charge is 0.263 e. The van der Waals surface area contributed by atoms with E-state index in [1.807, 2.05) is 18.2 Å². The fraction of sp³-hybridized carbons (Fsp3) is 0.0526. The molecule has 26 heavy (non-hydrogen) atoms. The minimum Gasteiger partial charge on any atom is -0.484 e. The number of rotatable bonds is 6. The van der Waals surface area contributed by atoms with Gasteiger partial charge in [0.25, 0.3) is 5.91 Å². The molecule has 0 unspecified atom stereocenters. The molecule has 0 aliphatic heterocycles. The molecule has 0 spiro atoms. The van der Waals surface area contributed by atoms with Gasteiger partial charge in [0.15, 0.2) is 6.61 Å². The Balaban J connectivity index is 1.54. The molecular formula is C19H15F2N3O2. The van der Waals surface area contributed by atoms with E-state index in [1.54, 1.807) is 24.3 Å². The van der Waals surface area contributed by atoms with Crippen LogP contribution in [0.1, 0.15) is 0 Å². The van der Waals surface area contributed by atoms with Crippen molar-refractivity contribution < 1.29 is 18.3 Å². The van der Waals surface area contributed by atoms with Crippen LogP contribution in [-0.2, 0) is 4.79 Å². The second-order valence-electron chi connectivity index (χ2n) is 5.33. The van der Waals surface area contributed by atoms with Crippen LogP contribution >= 0.6 is 0 Å². The van der Waals surface area contributed by atoms with Gasteiger partial charge in [-0.05, 0) is 36.4 Å². The number of anilines is 3. The van der Waals surface area contributed by atoms with Gasteiger partial charge in [-0.2, -0.15) is 0 Å². The Labute approximate surface area is 148 Å². The molecule has 1 aromatic heterocycles. The third kappa shape index (κ3) is 4.76. The molecule has 2 aromatic carbocycles. The van der Waals surface area contributed by atoms with E-state index < -0.39 is 11.6 Å². The van der Waals surface area contributed by atoms with E-state index in [4.69, 9.17) is 4.74 Å². The first-order chi connectivity index (χ1) is 12.6. The first kappa shape index (κ1) is 17.3. The number of carbonyl (C=O) groups is 1. The number of ether oxygens (including phenoxy) is 1. The molecule has 0 aliphatic rings. The Bertz CT molecular complexity index is 887. The zero-order valence-electron chi connectivity index (χ0n) is 13.6. The normalized spacial score (nSPS) is 10.2. The molecular weight excluding hydrogens is 340 g/mol. The van der Waals surface area contributed by atoms with E-state index in [2.05, 4.69) is 15.6 Å². The number of nitrogens with zero attached hydrogens (tertiary/aromatic N) is 1. The summed E-state index contributed by atoms with van der Waals surface area (Å²) in [5.74, 6) is -0.790. The van der Waals surface area contributed by atoms with Gasteiger partial charge in [0, 0.05) is 6.07 Å². The zero-order valence-corrected chi connectivity index (χ0v) is 13.6. The quantitative estimate of drug-likeness (QED) is 0.698. The van der Waals surface area contributed by atoms with Gasteiger partial charge in [-0.1, -0.05) is 18.2 Å². The van der Waals surface area contributed by atoms with Crippen molar-refractivity contribution in [2.75, 3.05) is 17.2 Å². The summed E-state index contributed by atoms with van der Waals surface area (Å²) in [6, 6.07) is 15.4. The summed E-state index contributed by atoms with van der Waals surface area (Å²) in [5.41, 5.74) is 0.621. The molecule has 0 aliphatic carbocycles. The molecule has 5 nitrogen and oxygen atoms in total. The number of halogens is 2. The molecule has 0 bridgehead atoms. The number of hydrogen-bond donors (Lipinski definition) is 2. The predicted molar refractivity (Wildman–Crippen MR) is 94.4 cm³/mol. The molecule has 0 radical (unpaired) electrons. The predicted octanol–water partition coefficient (Wildman–Crippen LogP) is 4.12. The topological polar surface area (TPSA) is 63.2 Å². The SMILES string of the molecule is O=C(COc1ccccc1)Nc1ccc(Nc2ccc(F)cc2F)cn1. The lowest BCUT2D eigenvalue weighted by molar-refractivity contribution is -0.118. The maximum absolute atomic E-state index is 13.6. The summed E-state index contributed by atoms with van der Waals surface area (Å²) in [4.78, 5) is 15.9. The van der Waals surface area contributed by atoms with Crippen LogP contribution in [0.15, 0.2) is 66.9 Å². The van der Waals surface area contributed by atoms with Crippen molar-refractivity contribution in [3.8, 4) is 5.75 Å². The number of amides is 1. The Morgan fingerprint density at radius 3 is 2.54 bits per heavy atom. The number of para-hydroxylation sites is 1. The van der Waals surface area contributed by atoms with Crippen LogP contribution in [0.25, 0.3) is 0 Å². The Hall–Kier alpha value is -3.48. The molecule has 7 heteroatoms. The van der Waals surface area contributed by atoms with Crippen molar-refractivity contribution in [2.45, 2.75) is 0 Å². The minimum atomic E-state index is -0.708. The average Bonchev–Trinajstić information content (AvgIpc) is 2.65. The first-order valence-electron chi connectivity index (χ1n) is 7.76. The van der Waals surface area contributed by atoms with Gasteiger partial charge in [0.1, 0.15) is 23.2 Å². The molecule has 1 heterocycles. The molecule has 1 amide bonds. The standard InChI is InChI=1S/C19H15F2N3O2/c20-13-6-8-17(16(21)10-13)23-14-7-9-18(22-11-14)24-19(25)12-26-15-4-2-1-3-5-15/h1-11,23H,12H2,(H,22,24,25). The van der Waals surface area contributed by atoms with Crippen molar-refractivity contribution in [1.29, 1.82) is 0 Å². The number of benzene rings is 2. The van der Waals surface area contributed by atoms with Crippen molar-refractivity contribution in [1.82, 2.24) is 4.98 Å². The third-order valence-electron chi connectivity index (χ3n) is 3.35. The van der Waals surface area contributed by atoms with Gasteiger partial charge in [-0.3, -0.25) is 4.79 Å². The summed E-state index contributed by atoms with van der Waals surface area (Å²) >= 11 is 0. The number of pyridine rings is 1. The molecule has 0 saturated heterocycles. The van der Waals surface area contributed by atoms with E-state index in [0.717, 1.165) is 12.1 Å². The van der Waals surface area contributed by atoms with E-state index in [-0.39, 0.29) is 18.2 Å². The minimum absolute atomic E-state index is 0.126. The maximum Gasteiger partial charge on any atom is 0.263 e. The van der Waals surface area contributed by atoms with Crippen LogP contribution in [-0.4, -0.2) is 17.5 Å². The van der Waals surface area contributed by atoms with Crippen LogP contribution in [0.5, 0.6) is 5.75 Å². The van der Waals surface area contributed by atoms with Crippen LogP contribution in [0.3, 0.4) is 0 Å². The summed E-state index contributed by atoms with van der Waals surface area (Å²) in [7, 11) is 0. The third-order valence-corrected chi connectivity index (χ3v) is 3.35. The Kier molecular flexibility index (Phi) is 5.38. The molecule has 2 N–H and O–H groups in total. The highest BCUT2D eigenvalue weighted by Crippen LogP contribution is 2.20. The zero-order chi connectivity index (χ0) is 18.4. The lowest BCUT2D eigenvalue weighted by Crippen LogP contribution is -2.20. The average molecular weight is 355 g/mol. The highest BCUT2D eigenvalue weighted by atomic mass is 19.1. The van der Waals surface area contributed by atoms with Crippen molar-refractivity contribution in [3.63, 3.8) is 0 Å². The maximum atomic E-state index is 13.6. The van der Waals surface area contributed by atoms with Crippen LogP contribution < -0.4 is 15.4 Å². The van der Waals surface area contributed by atoms with Gasteiger partial charge in [-0.15, -0.1) is 0 Å². The fourth-order valence-corrected chi connectivity index (χ4v) is 2.13. The summed E-state index contributed by atoms with van der Waals surface area (Å²) in [6.45, 7) is -0.146. The first-order valence-corrected chi connectivity index (χ1v) is 7.76. The van der Waals surface area contributed by atoms with Crippen LogP contribution in [0.4, 0.5) is 26.0 Å². The lowest BCUT2D eigenvalue weighted by Gasteiger charge is -2.09. The van der Waals surface area contributed by atoms with Crippen molar-refractivity contribution in [3.05, 3.63) is 78.5 Å². The number of nitrogens with one attached hydrogen (secondary N) is 2. The van der Waals surface area contributed by atoms with Crippen LogP contribution in [0.2, 0.25) is 0 Å². The highest BCUT2D eigenvalue weighted by molar-refractivity contribution is 5.91. The van der Waals surface area contributed by atoms with Gasteiger partial charge in [-0.25, -0.2) is 13.8 Å². The largest absolute Gasteiger partial charge is 0.484 e. The fourth-order valence-electron chi connectivity index (χ4n) is 2.13. The lowest BCUT2D eigenvalue weighted by atomic mass is 10.3. The van der Waals surface area contributed by atoms with Gasteiger partial charge >= 0.3 is 0 Å². The molecule has 3 aromatic rings. The van der Waals surface area contributed by atoms with E-state index in [9.17, 15) is 13.6 Å². The second-order valence-corrected chi connectivity index (χ2v) is 5.33. The van der Waals surface area contributed by atoms with Gasteiger partial charge in [0.2, 0.25) is 0 Å². The van der Waals surface area contributed by atoms with E-state index in [1.165, 1.54) is 12.3 Å². The molecule has 3 rings (SSSR count). The van der Waals surface area contributed by atoms with Gasteiger partial charge in [0.05, 0.1) is 17.6 Å². The monoisotopic (exact) mass is 355 g/mol. The molecule has 132 valence electrons. The highest BCUT2D eigenvalue weighted by Gasteiger charge is 2.07. The number of hydrogen-bond acceptors (Lipinski definition) is 4. The van der Waals surface area contributed by atoms with Crippen LogP contribution in [0, 0.1) is 11.6 Å². The van der Waals surface area contributed by atoms with E-state index >= 15 is 0 Å². The van der Waals surface area contributed by atoms with E-state index in [0.29, 0.717) is 17.3 Å². The van der Waals surface area contributed by atoms with Crippen molar-refractivity contribution in [2.24, 2.45) is 0 Å². The second kappa shape index (κ2) is 8.06. The summed E-state index contributed by atoms with van der Waals surface area (Å²) in [6.07, 6.45) is 1.43. The molecule has 0 atom stereocenters. The molecule has 0 fully saturated rings. The number of carbonyl (C=O) groups excluding carboxylic acids is 1. The molecule has 0 saturated carbocycles.